The van der Waals surface area contributed by atoms with E-state index in [1.54, 1.807) is 13.0 Å². The highest BCUT2D eigenvalue weighted by Gasteiger charge is 2.29. The minimum Gasteiger partial charge on any atom is -0.480 e. The van der Waals surface area contributed by atoms with Crippen molar-refractivity contribution >= 4 is 28.2 Å². The summed E-state index contributed by atoms with van der Waals surface area (Å²) in [6.45, 7) is 1.71. The summed E-state index contributed by atoms with van der Waals surface area (Å²) >= 11 is 1.05. The molecule has 1 aromatic heterocycles. The van der Waals surface area contributed by atoms with E-state index in [4.69, 9.17) is 9.84 Å². The number of rotatable bonds is 3. The average molecular weight is 303 g/mol. The molecular formula is C15H13NO4S. The van der Waals surface area contributed by atoms with Crippen LogP contribution in [0.4, 0.5) is 5.00 Å². The van der Waals surface area contributed by atoms with Gasteiger partial charge in [0.2, 0.25) is 0 Å². The van der Waals surface area contributed by atoms with Gasteiger partial charge in [0, 0.05) is 6.42 Å². The first-order valence-electron chi connectivity index (χ1n) is 6.44. The number of carboxylic acids is 1. The van der Waals surface area contributed by atoms with Crippen LogP contribution in [0, 0.1) is 6.92 Å². The molecule has 0 saturated heterocycles. The highest BCUT2D eigenvalue weighted by Crippen LogP contribution is 2.30. The van der Waals surface area contributed by atoms with Gasteiger partial charge in [0.15, 0.2) is 6.10 Å². The Hall–Kier alpha value is -2.34. The maximum Gasteiger partial charge on any atom is 0.346 e. The maximum absolute atomic E-state index is 12.2. The topological polar surface area (TPSA) is 75.6 Å². The predicted molar refractivity (Wildman–Crippen MR) is 79.2 cm³/mol. The number of thiophene rings is 1. The number of amides is 1. The minimum atomic E-state index is -0.984. The van der Waals surface area contributed by atoms with Gasteiger partial charge in [-0.2, -0.15) is 0 Å². The summed E-state index contributed by atoms with van der Waals surface area (Å²) < 4.78 is 5.60. The quantitative estimate of drug-likeness (QED) is 0.914. The Morgan fingerprint density at radius 2 is 2.14 bits per heavy atom. The lowest BCUT2D eigenvalue weighted by atomic mass is 10.1. The van der Waals surface area contributed by atoms with E-state index in [-0.39, 0.29) is 10.8 Å². The fraction of sp³-hybridized carbons (Fsp3) is 0.200. The Morgan fingerprint density at radius 1 is 1.38 bits per heavy atom. The molecule has 2 aromatic rings. The zero-order chi connectivity index (χ0) is 15.0. The van der Waals surface area contributed by atoms with E-state index in [1.165, 1.54) is 0 Å². The third-order valence-electron chi connectivity index (χ3n) is 3.30. The number of nitrogens with one attached hydrogen (secondary N) is 1. The third kappa shape index (κ3) is 2.62. The van der Waals surface area contributed by atoms with Crippen molar-refractivity contribution in [2.75, 3.05) is 5.32 Å². The Kier molecular flexibility index (Phi) is 3.39. The van der Waals surface area contributed by atoms with Crippen LogP contribution in [0.2, 0.25) is 0 Å². The minimum absolute atomic E-state index is 0.237. The standard InChI is InChI=1S/C15H13NO4S/c1-8-6-12(21-13(8)15(18)19)16-14(17)11-7-9-4-2-3-5-10(9)20-11/h2-6,11H,7H2,1H3,(H,16,17)(H,18,19). The van der Waals surface area contributed by atoms with Gasteiger partial charge in [-0.1, -0.05) is 18.2 Å². The zero-order valence-corrected chi connectivity index (χ0v) is 12.1. The molecule has 1 unspecified atom stereocenters. The van der Waals surface area contributed by atoms with Crippen molar-refractivity contribution in [2.45, 2.75) is 19.4 Å². The summed E-state index contributed by atoms with van der Waals surface area (Å²) in [6.07, 6.45) is -0.0453. The van der Waals surface area contributed by atoms with Gasteiger partial charge in [-0.3, -0.25) is 4.79 Å². The van der Waals surface area contributed by atoms with Gasteiger partial charge in [0.05, 0.1) is 5.00 Å². The molecule has 0 fully saturated rings. The van der Waals surface area contributed by atoms with Crippen molar-refractivity contribution in [3.63, 3.8) is 0 Å². The molecule has 21 heavy (non-hydrogen) atoms. The lowest BCUT2D eigenvalue weighted by Gasteiger charge is -2.09. The molecule has 108 valence electrons. The van der Waals surface area contributed by atoms with Crippen LogP contribution in [-0.2, 0) is 11.2 Å². The van der Waals surface area contributed by atoms with E-state index < -0.39 is 12.1 Å². The molecule has 3 rings (SSSR count). The molecule has 6 heteroatoms. The van der Waals surface area contributed by atoms with E-state index in [0.29, 0.717) is 17.0 Å². The number of ether oxygens (including phenoxy) is 1. The molecule has 2 heterocycles. The smallest absolute Gasteiger partial charge is 0.346 e. The van der Waals surface area contributed by atoms with Crippen molar-refractivity contribution in [3.8, 4) is 5.75 Å². The summed E-state index contributed by atoms with van der Waals surface area (Å²) in [7, 11) is 0. The molecule has 1 atom stereocenters. The van der Waals surface area contributed by atoms with Crippen LogP contribution >= 0.6 is 11.3 Å². The molecule has 5 nitrogen and oxygen atoms in total. The Labute approximate surface area is 125 Å². The number of para-hydroxylation sites is 1. The van der Waals surface area contributed by atoms with Crippen molar-refractivity contribution in [3.05, 3.63) is 46.3 Å². The summed E-state index contributed by atoms with van der Waals surface area (Å²) in [4.78, 5) is 23.4. The molecule has 1 amide bonds. The van der Waals surface area contributed by atoms with Gasteiger partial charge in [-0.05, 0) is 30.2 Å². The van der Waals surface area contributed by atoms with Gasteiger partial charge in [0.1, 0.15) is 10.6 Å². The van der Waals surface area contributed by atoms with Crippen molar-refractivity contribution in [1.29, 1.82) is 0 Å². The highest BCUT2D eigenvalue weighted by molar-refractivity contribution is 7.18. The average Bonchev–Trinajstić information content (AvgIpc) is 3.02. The van der Waals surface area contributed by atoms with Gasteiger partial charge in [0.25, 0.3) is 5.91 Å². The molecule has 0 saturated carbocycles. The monoisotopic (exact) mass is 303 g/mol. The van der Waals surface area contributed by atoms with E-state index in [0.717, 1.165) is 22.6 Å². The fourth-order valence-electron chi connectivity index (χ4n) is 2.29. The van der Waals surface area contributed by atoms with E-state index in [1.807, 2.05) is 24.3 Å². The second-order valence-corrected chi connectivity index (χ2v) is 5.89. The molecule has 1 aromatic carbocycles. The van der Waals surface area contributed by atoms with Crippen LogP contribution in [0.15, 0.2) is 30.3 Å². The van der Waals surface area contributed by atoms with Crippen LogP contribution in [0.5, 0.6) is 5.75 Å². The molecular weight excluding hydrogens is 290 g/mol. The lowest BCUT2D eigenvalue weighted by Crippen LogP contribution is -2.31. The number of fused-ring (bicyclic) bond motifs is 1. The third-order valence-corrected chi connectivity index (χ3v) is 4.44. The number of hydrogen-bond donors (Lipinski definition) is 2. The highest BCUT2D eigenvalue weighted by atomic mass is 32.1. The second kappa shape index (κ2) is 5.21. The predicted octanol–water partition coefficient (Wildman–Crippen LogP) is 2.70. The number of hydrogen-bond acceptors (Lipinski definition) is 4. The van der Waals surface area contributed by atoms with E-state index >= 15 is 0 Å². The number of carboxylic acid groups (broad SMARTS) is 1. The Balaban J connectivity index is 1.71. The van der Waals surface area contributed by atoms with Crippen LogP contribution in [0.1, 0.15) is 20.8 Å². The first-order chi connectivity index (χ1) is 10.0. The molecule has 0 radical (unpaired) electrons. The SMILES string of the molecule is Cc1cc(NC(=O)C2Cc3ccccc3O2)sc1C(=O)O. The first kappa shape index (κ1) is 13.6. The normalized spacial score (nSPS) is 16.1. The largest absolute Gasteiger partial charge is 0.480 e. The fourth-order valence-corrected chi connectivity index (χ4v) is 3.20. The zero-order valence-electron chi connectivity index (χ0n) is 11.3. The second-order valence-electron chi connectivity index (χ2n) is 4.84. The van der Waals surface area contributed by atoms with Crippen LogP contribution in [0.25, 0.3) is 0 Å². The summed E-state index contributed by atoms with van der Waals surface area (Å²) in [5.41, 5.74) is 1.64. The molecule has 0 spiro atoms. The molecule has 0 aliphatic carbocycles. The van der Waals surface area contributed by atoms with Gasteiger partial charge >= 0.3 is 5.97 Å². The van der Waals surface area contributed by atoms with E-state index in [2.05, 4.69) is 5.32 Å². The number of carbonyl (C=O) groups is 2. The summed E-state index contributed by atoms with van der Waals surface area (Å²) in [5.74, 6) is -0.516. The van der Waals surface area contributed by atoms with Crippen molar-refractivity contribution < 1.29 is 19.4 Å². The number of aromatic carboxylic acids is 1. The van der Waals surface area contributed by atoms with Crippen LogP contribution in [-0.4, -0.2) is 23.1 Å². The molecule has 1 aliphatic rings. The summed E-state index contributed by atoms with van der Waals surface area (Å²) in [6, 6.07) is 9.19. The van der Waals surface area contributed by atoms with Crippen LogP contribution in [0.3, 0.4) is 0 Å². The van der Waals surface area contributed by atoms with Gasteiger partial charge in [-0.25, -0.2) is 4.79 Å². The molecule has 2 N–H and O–H groups in total. The first-order valence-corrected chi connectivity index (χ1v) is 7.25. The Bertz CT molecular complexity index is 697. The number of aryl methyl sites for hydroxylation is 1. The lowest BCUT2D eigenvalue weighted by molar-refractivity contribution is -0.122. The van der Waals surface area contributed by atoms with Crippen molar-refractivity contribution in [1.82, 2.24) is 0 Å². The number of anilines is 1. The number of carbonyl (C=O) groups excluding carboxylic acids is 1. The molecule has 1 aliphatic heterocycles. The van der Waals surface area contributed by atoms with Crippen LogP contribution < -0.4 is 10.1 Å². The summed E-state index contributed by atoms with van der Waals surface area (Å²) in [5, 5.41) is 12.3. The maximum atomic E-state index is 12.2. The number of benzene rings is 1. The van der Waals surface area contributed by atoms with Gasteiger partial charge in [-0.15, -0.1) is 11.3 Å². The molecule has 0 bridgehead atoms. The van der Waals surface area contributed by atoms with E-state index in [9.17, 15) is 9.59 Å². The van der Waals surface area contributed by atoms with Gasteiger partial charge < -0.3 is 15.2 Å². The Morgan fingerprint density at radius 3 is 2.81 bits per heavy atom. The van der Waals surface area contributed by atoms with Crippen molar-refractivity contribution in [2.24, 2.45) is 0 Å².